The fourth-order valence-electron chi connectivity index (χ4n) is 3.27. The Bertz CT molecular complexity index is 1230. The highest BCUT2D eigenvalue weighted by Gasteiger charge is 2.17. The van der Waals surface area contributed by atoms with E-state index in [0.29, 0.717) is 52.8 Å². The number of aromatic nitrogens is 3. The zero-order chi connectivity index (χ0) is 21.2. The van der Waals surface area contributed by atoms with E-state index in [1.165, 1.54) is 0 Å². The summed E-state index contributed by atoms with van der Waals surface area (Å²) in [5.41, 5.74) is 2.06. The van der Waals surface area contributed by atoms with Crippen LogP contribution in [0.15, 0.2) is 65.3 Å². The van der Waals surface area contributed by atoms with Crippen LogP contribution in [0.25, 0.3) is 23.0 Å². The molecule has 1 amide bonds. The number of halogens is 1. The average molecular weight is 437 g/mol. The van der Waals surface area contributed by atoms with Crippen LogP contribution in [0, 0.1) is 0 Å². The number of carbonyl (C=O) groups is 1. The van der Waals surface area contributed by atoms with Crippen molar-refractivity contribution >= 4 is 23.2 Å². The third kappa shape index (κ3) is 4.10. The summed E-state index contributed by atoms with van der Waals surface area (Å²) in [7, 11) is 0. The molecule has 5 rings (SSSR count). The summed E-state index contributed by atoms with van der Waals surface area (Å²) in [4.78, 5) is 17.1. The summed E-state index contributed by atoms with van der Waals surface area (Å²) in [5, 5.41) is 7.53. The second kappa shape index (κ2) is 8.16. The molecule has 156 valence electrons. The van der Waals surface area contributed by atoms with E-state index >= 15 is 0 Å². The minimum atomic E-state index is -0.202. The van der Waals surface area contributed by atoms with Gasteiger partial charge in [-0.2, -0.15) is 4.98 Å². The molecule has 0 atom stereocenters. The predicted molar refractivity (Wildman–Crippen MR) is 114 cm³/mol. The van der Waals surface area contributed by atoms with Crippen molar-refractivity contribution in [1.82, 2.24) is 14.7 Å². The molecule has 0 unspecified atom stereocenters. The van der Waals surface area contributed by atoms with E-state index in [4.69, 9.17) is 25.6 Å². The molecule has 2 aromatic carbocycles. The van der Waals surface area contributed by atoms with Gasteiger partial charge in [-0.05, 0) is 48.5 Å². The van der Waals surface area contributed by atoms with Crippen LogP contribution in [0.5, 0.6) is 11.5 Å². The van der Waals surface area contributed by atoms with Gasteiger partial charge in [0, 0.05) is 28.5 Å². The molecule has 0 saturated carbocycles. The highest BCUT2D eigenvalue weighted by Crippen LogP contribution is 2.32. The van der Waals surface area contributed by atoms with Crippen LogP contribution in [0.2, 0.25) is 5.02 Å². The smallest absolute Gasteiger partial charge is 0.274 e. The van der Waals surface area contributed by atoms with E-state index in [1.54, 1.807) is 41.1 Å². The molecule has 4 aromatic rings. The van der Waals surface area contributed by atoms with Crippen LogP contribution in [0.4, 0.5) is 5.69 Å². The number of rotatable bonds is 5. The van der Waals surface area contributed by atoms with Crippen molar-refractivity contribution in [1.29, 1.82) is 0 Å². The molecule has 2 aromatic heterocycles. The summed E-state index contributed by atoms with van der Waals surface area (Å²) >= 11 is 5.93. The quantitative estimate of drug-likeness (QED) is 0.502. The molecule has 0 bridgehead atoms. The Morgan fingerprint density at radius 2 is 1.87 bits per heavy atom. The van der Waals surface area contributed by atoms with Crippen molar-refractivity contribution in [3.63, 3.8) is 0 Å². The summed E-state index contributed by atoms with van der Waals surface area (Å²) in [5.74, 6) is 1.85. The van der Waals surface area contributed by atoms with Gasteiger partial charge < -0.3 is 23.9 Å². The van der Waals surface area contributed by atoms with E-state index in [9.17, 15) is 4.79 Å². The first-order chi connectivity index (χ1) is 15.2. The van der Waals surface area contributed by atoms with Crippen LogP contribution in [-0.4, -0.2) is 33.8 Å². The Morgan fingerprint density at radius 1 is 1.06 bits per heavy atom. The number of benzene rings is 2. The summed E-state index contributed by atoms with van der Waals surface area (Å²) in [6.45, 7) is 1.08. The third-order valence-corrected chi connectivity index (χ3v) is 4.97. The Kier molecular flexibility index (Phi) is 5.05. The second-order valence-corrected chi connectivity index (χ2v) is 7.29. The first kappa shape index (κ1) is 19.2. The number of hydrogen-bond donors (Lipinski definition) is 1. The van der Waals surface area contributed by atoms with Gasteiger partial charge >= 0.3 is 0 Å². The lowest BCUT2D eigenvalue weighted by molar-refractivity contribution is -0.116. The normalized spacial score (nSPS) is 12.5. The molecule has 0 fully saturated rings. The average Bonchev–Trinajstić information content (AvgIpc) is 3.43. The number of ether oxygens (including phenoxy) is 2. The van der Waals surface area contributed by atoms with Gasteiger partial charge in [-0.3, -0.25) is 4.79 Å². The highest BCUT2D eigenvalue weighted by molar-refractivity contribution is 6.30. The van der Waals surface area contributed by atoms with Crippen LogP contribution in [-0.2, 0) is 11.3 Å². The number of fused-ring (bicyclic) bond motifs is 1. The maximum Gasteiger partial charge on any atom is 0.274 e. The number of anilines is 1. The molecule has 0 radical (unpaired) electrons. The largest absolute Gasteiger partial charge is 0.486 e. The SMILES string of the molecule is O=C(Cn1cccc1-c1nc(-c2ccc(Cl)cc2)no1)Nc1ccc2c(c1)OCCO2. The zero-order valence-electron chi connectivity index (χ0n) is 16.2. The third-order valence-electron chi connectivity index (χ3n) is 4.72. The fraction of sp³-hybridized carbons (Fsp3) is 0.136. The monoisotopic (exact) mass is 436 g/mol. The predicted octanol–water partition coefficient (Wildman–Crippen LogP) is 4.27. The molecule has 1 aliphatic heterocycles. The molecule has 31 heavy (non-hydrogen) atoms. The van der Waals surface area contributed by atoms with E-state index < -0.39 is 0 Å². The lowest BCUT2D eigenvalue weighted by Crippen LogP contribution is -2.19. The van der Waals surface area contributed by atoms with Gasteiger partial charge in [0.2, 0.25) is 11.7 Å². The first-order valence-electron chi connectivity index (χ1n) is 9.60. The van der Waals surface area contributed by atoms with Crippen molar-refractivity contribution in [3.8, 4) is 34.5 Å². The van der Waals surface area contributed by atoms with E-state index in [0.717, 1.165) is 5.56 Å². The van der Waals surface area contributed by atoms with Gasteiger partial charge in [0.15, 0.2) is 11.5 Å². The maximum absolute atomic E-state index is 12.6. The molecule has 0 aliphatic carbocycles. The lowest BCUT2D eigenvalue weighted by Gasteiger charge is -2.19. The number of carbonyl (C=O) groups excluding carboxylic acids is 1. The maximum atomic E-state index is 12.6. The number of amides is 1. The second-order valence-electron chi connectivity index (χ2n) is 6.86. The number of nitrogens with zero attached hydrogens (tertiary/aromatic N) is 3. The van der Waals surface area contributed by atoms with Gasteiger partial charge in [-0.15, -0.1) is 0 Å². The Morgan fingerprint density at radius 3 is 2.71 bits per heavy atom. The molecular weight excluding hydrogens is 420 g/mol. The minimum Gasteiger partial charge on any atom is -0.486 e. The highest BCUT2D eigenvalue weighted by atomic mass is 35.5. The van der Waals surface area contributed by atoms with E-state index in [1.807, 2.05) is 24.3 Å². The van der Waals surface area contributed by atoms with Crippen molar-refractivity contribution < 1.29 is 18.8 Å². The van der Waals surface area contributed by atoms with E-state index in [-0.39, 0.29) is 12.5 Å². The van der Waals surface area contributed by atoms with Crippen molar-refractivity contribution in [2.45, 2.75) is 6.54 Å². The number of hydrogen-bond acceptors (Lipinski definition) is 6. The Balaban J connectivity index is 1.30. The standard InChI is InChI=1S/C22H17ClN4O4/c23-15-5-3-14(4-6-15)21-25-22(31-26-21)17-2-1-9-27(17)13-20(28)24-16-7-8-18-19(12-16)30-11-10-29-18/h1-9,12H,10-11,13H2,(H,24,28). The zero-order valence-corrected chi connectivity index (χ0v) is 17.0. The summed E-state index contributed by atoms with van der Waals surface area (Å²) < 4.78 is 18.2. The Labute approximate surface area is 182 Å². The molecule has 9 heteroatoms. The minimum absolute atomic E-state index is 0.0788. The molecular formula is C22H17ClN4O4. The van der Waals surface area contributed by atoms with Gasteiger partial charge in [-0.25, -0.2) is 0 Å². The van der Waals surface area contributed by atoms with Gasteiger partial charge in [0.05, 0.1) is 0 Å². The molecule has 1 aliphatic rings. The van der Waals surface area contributed by atoms with Gasteiger partial charge in [-0.1, -0.05) is 16.8 Å². The van der Waals surface area contributed by atoms with Gasteiger partial charge in [0.25, 0.3) is 5.89 Å². The van der Waals surface area contributed by atoms with Gasteiger partial charge in [0.1, 0.15) is 25.5 Å². The molecule has 0 saturated heterocycles. The van der Waals surface area contributed by atoms with Crippen molar-refractivity contribution in [3.05, 3.63) is 65.8 Å². The van der Waals surface area contributed by atoms with Crippen molar-refractivity contribution in [2.24, 2.45) is 0 Å². The first-order valence-corrected chi connectivity index (χ1v) is 9.98. The van der Waals surface area contributed by atoms with Crippen LogP contribution in [0.1, 0.15) is 0 Å². The lowest BCUT2D eigenvalue weighted by atomic mass is 10.2. The summed E-state index contributed by atoms with van der Waals surface area (Å²) in [6.07, 6.45) is 1.78. The van der Waals surface area contributed by atoms with Crippen LogP contribution in [0.3, 0.4) is 0 Å². The van der Waals surface area contributed by atoms with E-state index in [2.05, 4.69) is 15.5 Å². The molecule has 8 nitrogen and oxygen atoms in total. The topological polar surface area (TPSA) is 91.4 Å². The van der Waals surface area contributed by atoms with Crippen LogP contribution < -0.4 is 14.8 Å². The number of nitrogens with one attached hydrogen (secondary N) is 1. The molecule has 1 N–H and O–H groups in total. The molecule has 0 spiro atoms. The Hall–Kier alpha value is -3.78. The fourth-order valence-corrected chi connectivity index (χ4v) is 3.39. The molecule has 3 heterocycles. The summed E-state index contributed by atoms with van der Waals surface area (Å²) in [6, 6.07) is 16.1. The van der Waals surface area contributed by atoms with Crippen molar-refractivity contribution in [2.75, 3.05) is 18.5 Å². The van der Waals surface area contributed by atoms with Crippen LogP contribution >= 0.6 is 11.6 Å².